The summed E-state index contributed by atoms with van der Waals surface area (Å²) in [6.07, 6.45) is 3.17. The van der Waals surface area contributed by atoms with Gasteiger partial charge in [0.2, 0.25) is 5.91 Å². The van der Waals surface area contributed by atoms with Gasteiger partial charge in [0.15, 0.2) is 5.69 Å². The van der Waals surface area contributed by atoms with Gasteiger partial charge in [0.25, 0.3) is 11.8 Å². The van der Waals surface area contributed by atoms with Gasteiger partial charge in [-0.25, -0.2) is 4.39 Å². The first-order chi connectivity index (χ1) is 18.8. The van der Waals surface area contributed by atoms with E-state index >= 15 is 0 Å². The number of hydrogen-bond donors (Lipinski definition) is 3. The molecular weight excluding hydrogens is 523 g/mol. The second kappa shape index (κ2) is 12.1. The number of nitrogens with one attached hydrogen (secondary N) is 1. The maximum atomic E-state index is 14.0. The first-order valence-corrected chi connectivity index (χ1v) is 12.5. The zero-order valence-corrected chi connectivity index (χ0v) is 21.7. The van der Waals surface area contributed by atoms with Gasteiger partial charge in [-0.3, -0.25) is 19.4 Å². The summed E-state index contributed by atoms with van der Waals surface area (Å²) in [6, 6.07) is 14.7. The molecule has 2 aromatic carbocycles. The van der Waals surface area contributed by atoms with Crippen molar-refractivity contribution in [3.8, 4) is 5.75 Å². The molecule has 3 amide bonds. The first-order valence-electron chi connectivity index (χ1n) is 11.7. The lowest BCUT2D eigenvalue weighted by Gasteiger charge is -2.31. The van der Waals surface area contributed by atoms with Crippen molar-refractivity contribution in [2.45, 2.75) is 19.1 Å². The number of benzene rings is 2. The van der Waals surface area contributed by atoms with Gasteiger partial charge in [0.1, 0.15) is 22.5 Å². The number of aromatic nitrogens is 2. The normalized spacial score (nSPS) is 11.4. The quantitative estimate of drug-likeness (QED) is 0.275. The Morgan fingerprint density at radius 1 is 1.08 bits per heavy atom. The van der Waals surface area contributed by atoms with Gasteiger partial charge in [0.05, 0.1) is 12.8 Å². The van der Waals surface area contributed by atoms with Crippen molar-refractivity contribution in [2.75, 3.05) is 12.8 Å². The fourth-order valence-electron chi connectivity index (χ4n) is 3.88. The minimum atomic E-state index is -1.14. The lowest BCUT2D eigenvalue weighted by atomic mass is 10.0. The highest BCUT2D eigenvalue weighted by Crippen LogP contribution is 2.31. The lowest BCUT2D eigenvalue weighted by Crippen LogP contribution is -2.43. The number of nitrogens with two attached hydrogens (primary N) is 2. The number of hydrogen-bond acceptors (Lipinski definition) is 8. The molecule has 0 saturated heterocycles. The summed E-state index contributed by atoms with van der Waals surface area (Å²) < 4.78 is 22.5. The standard InChI is InChI=1S/C27H25FN6O4S/c1-38-20-10-6-18(7-11-20)23(26(36)32-14-16-4-8-19(28)9-5-16)34(15-17-3-2-12-31-13-17)27(37)24-21(29)22(25(30)35)33-39-24/h2-13,23H,14-15,29H2,1H3,(H2,30,35)(H,32,36)/t23-/m1/s1. The number of nitrogens with zero attached hydrogens (tertiary/aromatic N) is 3. The summed E-state index contributed by atoms with van der Waals surface area (Å²) in [5.74, 6) is -1.83. The molecule has 1 atom stereocenters. The predicted molar refractivity (Wildman–Crippen MR) is 143 cm³/mol. The van der Waals surface area contributed by atoms with Crippen LogP contribution in [0.5, 0.6) is 5.75 Å². The topological polar surface area (TPSA) is 154 Å². The Kier molecular flexibility index (Phi) is 8.46. The number of primary amides is 1. The fraction of sp³-hybridized carbons (Fsp3) is 0.148. The van der Waals surface area contributed by atoms with Gasteiger partial charge < -0.3 is 26.4 Å². The lowest BCUT2D eigenvalue weighted by molar-refractivity contribution is -0.126. The number of carbonyl (C=O) groups excluding carboxylic acids is 3. The number of nitrogen functional groups attached to an aromatic ring is 1. The Labute approximate surface area is 227 Å². The van der Waals surface area contributed by atoms with E-state index in [-0.39, 0.29) is 29.3 Å². The highest BCUT2D eigenvalue weighted by atomic mass is 32.1. The maximum absolute atomic E-state index is 14.0. The molecule has 5 N–H and O–H groups in total. The molecule has 0 aliphatic heterocycles. The van der Waals surface area contributed by atoms with Crippen LogP contribution in [0.15, 0.2) is 73.1 Å². The van der Waals surface area contributed by atoms with E-state index in [9.17, 15) is 18.8 Å². The van der Waals surface area contributed by atoms with Crippen LogP contribution in [0.25, 0.3) is 0 Å². The molecule has 4 rings (SSSR count). The average molecular weight is 549 g/mol. The molecule has 10 nitrogen and oxygen atoms in total. The summed E-state index contributed by atoms with van der Waals surface area (Å²) in [5.41, 5.74) is 12.9. The van der Waals surface area contributed by atoms with Crippen molar-refractivity contribution in [3.05, 3.63) is 106 Å². The third-order valence-electron chi connectivity index (χ3n) is 5.86. The Bertz CT molecular complexity index is 1460. The SMILES string of the molecule is COc1ccc([C@H](C(=O)NCc2ccc(F)cc2)N(Cc2cccnc2)C(=O)c2snc(C(N)=O)c2N)cc1. The molecule has 0 unspecified atom stereocenters. The average Bonchev–Trinajstić information content (AvgIpc) is 3.34. The molecule has 0 bridgehead atoms. The van der Waals surface area contributed by atoms with E-state index in [4.69, 9.17) is 16.2 Å². The van der Waals surface area contributed by atoms with Gasteiger partial charge in [0, 0.05) is 25.5 Å². The van der Waals surface area contributed by atoms with Crippen molar-refractivity contribution >= 4 is 34.9 Å². The Morgan fingerprint density at radius 3 is 2.38 bits per heavy atom. The van der Waals surface area contributed by atoms with Crippen molar-refractivity contribution in [3.63, 3.8) is 0 Å². The number of methoxy groups -OCH3 is 1. The first kappa shape index (κ1) is 27.2. The zero-order valence-electron chi connectivity index (χ0n) is 20.8. The summed E-state index contributed by atoms with van der Waals surface area (Å²) >= 11 is 0.724. The van der Waals surface area contributed by atoms with Crippen LogP contribution < -0.4 is 21.5 Å². The largest absolute Gasteiger partial charge is 0.497 e. The van der Waals surface area contributed by atoms with E-state index in [1.54, 1.807) is 60.9 Å². The third-order valence-corrected chi connectivity index (χ3v) is 6.71. The Balaban J connectivity index is 1.76. The zero-order chi connectivity index (χ0) is 27.9. The molecule has 12 heteroatoms. The molecule has 0 aliphatic carbocycles. The number of amides is 3. The minimum Gasteiger partial charge on any atom is -0.497 e. The maximum Gasteiger partial charge on any atom is 0.270 e. The molecule has 0 spiro atoms. The fourth-order valence-corrected chi connectivity index (χ4v) is 4.64. The van der Waals surface area contributed by atoms with Crippen LogP contribution in [-0.2, 0) is 17.9 Å². The summed E-state index contributed by atoms with van der Waals surface area (Å²) in [7, 11) is 1.52. The van der Waals surface area contributed by atoms with Crippen LogP contribution in [0.4, 0.5) is 10.1 Å². The molecule has 2 aromatic heterocycles. The van der Waals surface area contributed by atoms with Crippen molar-refractivity contribution in [1.29, 1.82) is 0 Å². The minimum absolute atomic E-state index is 0.0173. The van der Waals surface area contributed by atoms with Crippen molar-refractivity contribution in [2.24, 2.45) is 5.73 Å². The summed E-state index contributed by atoms with van der Waals surface area (Å²) in [4.78, 5) is 44.9. The van der Waals surface area contributed by atoms with Gasteiger partial charge in [-0.1, -0.05) is 30.3 Å². The second-order valence-electron chi connectivity index (χ2n) is 8.45. The van der Waals surface area contributed by atoms with Crippen LogP contribution in [0, 0.1) is 5.82 Å². The second-order valence-corrected chi connectivity index (χ2v) is 9.23. The van der Waals surface area contributed by atoms with E-state index in [0.717, 1.165) is 11.5 Å². The molecule has 200 valence electrons. The molecule has 2 heterocycles. The molecule has 0 radical (unpaired) electrons. The van der Waals surface area contributed by atoms with E-state index in [1.165, 1.54) is 24.1 Å². The van der Waals surface area contributed by atoms with Crippen molar-refractivity contribution < 1.29 is 23.5 Å². The smallest absolute Gasteiger partial charge is 0.270 e. The van der Waals surface area contributed by atoms with Crippen LogP contribution in [0.2, 0.25) is 0 Å². The van der Waals surface area contributed by atoms with Gasteiger partial charge in [-0.15, -0.1) is 0 Å². The molecule has 0 aliphatic rings. The third kappa shape index (κ3) is 6.36. The molecule has 0 saturated carbocycles. The van der Waals surface area contributed by atoms with Crippen LogP contribution in [0.3, 0.4) is 0 Å². The molecule has 39 heavy (non-hydrogen) atoms. The van der Waals surface area contributed by atoms with Crippen LogP contribution in [0.1, 0.15) is 42.9 Å². The van der Waals surface area contributed by atoms with E-state index < -0.39 is 29.6 Å². The van der Waals surface area contributed by atoms with Crippen molar-refractivity contribution in [1.82, 2.24) is 19.6 Å². The van der Waals surface area contributed by atoms with Crippen LogP contribution in [-0.4, -0.2) is 39.1 Å². The number of carbonyl (C=O) groups is 3. The van der Waals surface area contributed by atoms with Gasteiger partial charge in [-0.2, -0.15) is 4.37 Å². The number of ether oxygens (including phenoxy) is 1. The molecule has 0 fully saturated rings. The number of pyridine rings is 1. The number of rotatable bonds is 10. The Morgan fingerprint density at radius 2 is 1.79 bits per heavy atom. The predicted octanol–water partition coefficient (Wildman–Crippen LogP) is 3.07. The Hall–Kier alpha value is -4.84. The van der Waals surface area contributed by atoms with Gasteiger partial charge >= 0.3 is 0 Å². The van der Waals surface area contributed by atoms with E-state index in [2.05, 4.69) is 14.7 Å². The van der Waals surface area contributed by atoms with Crippen LogP contribution >= 0.6 is 11.5 Å². The van der Waals surface area contributed by atoms with E-state index in [1.807, 2.05) is 0 Å². The van der Waals surface area contributed by atoms with E-state index in [0.29, 0.717) is 22.4 Å². The molecular formula is C27H25FN6O4S. The summed E-state index contributed by atoms with van der Waals surface area (Å²) in [5, 5.41) is 2.84. The number of anilines is 1. The molecule has 4 aromatic rings. The number of halogens is 1. The van der Waals surface area contributed by atoms with Gasteiger partial charge in [-0.05, 0) is 58.6 Å². The monoisotopic (exact) mass is 548 g/mol. The highest BCUT2D eigenvalue weighted by molar-refractivity contribution is 7.09. The highest BCUT2D eigenvalue weighted by Gasteiger charge is 2.35. The summed E-state index contributed by atoms with van der Waals surface area (Å²) in [6.45, 7) is 0.0752.